The minimum atomic E-state index is -3.94. The Morgan fingerprint density at radius 1 is 1.37 bits per heavy atom. The van der Waals surface area contributed by atoms with E-state index in [0.29, 0.717) is 0 Å². The van der Waals surface area contributed by atoms with Crippen molar-refractivity contribution in [1.29, 1.82) is 0 Å². The third kappa shape index (κ3) is 5.26. The van der Waals surface area contributed by atoms with Gasteiger partial charge in [-0.25, -0.2) is 8.78 Å². The smallest absolute Gasteiger partial charge is 0.308 e. The molecular weight excluding hydrogens is 260 g/mol. The first-order chi connectivity index (χ1) is 8.86. The number of alkyl halides is 4. The van der Waals surface area contributed by atoms with Gasteiger partial charge in [0.15, 0.2) is 0 Å². The van der Waals surface area contributed by atoms with Crippen molar-refractivity contribution < 1.29 is 17.6 Å². The molecule has 2 unspecified atom stereocenters. The molecule has 1 aliphatic rings. The second-order valence-corrected chi connectivity index (χ2v) is 5.43. The fourth-order valence-electron chi connectivity index (χ4n) is 2.56. The van der Waals surface area contributed by atoms with Crippen LogP contribution in [0.25, 0.3) is 0 Å². The minimum absolute atomic E-state index is 0.163. The van der Waals surface area contributed by atoms with Gasteiger partial charge in [0.25, 0.3) is 0 Å². The van der Waals surface area contributed by atoms with Crippen molar-refractivity contribution >= 4 is 0 Å². The van der Waals surface area contributed by atoms with E-state index in [1.165, 1.54) is 0 Å². The van der Waals surface area contributed by atoms with E-state index in [1.54, 1.807) is 0 Å². The third-order valence-corrected chi connectivity index (χ3v) is 3.77. The summed E-state index contributed by atoms with van der Waals surface area (Å²) in [4.78, 5) is 2.32. The highest BCUT2D eigenvalue weighted by Gasteiger charge is 2.41. The highest BCUT2D eigenvalue weighted by molar-refractivity contribution is 4.82. The quantitative estimate of drug-likeness (QED) is 0.723. The molecule has 0 aliphatic carbocycles. The van der Waals surface area contributed by atoms with Crippen LogP contribution in [0.15, 0.2) is 0 Å². The number of rotatable bonds is 7. The van der Waals surface area contributed by atoms with E-state index >= 15 is 0 Å². The van der Waals surface area contributed by atoms with E-state index in [1.807, 2.05) is 6.92 Å². The largest absolute Gasteiger partial charge is 0.319 e. The molecule has 0 spiro atoms. The SMILES string of the molecule is CCCN1CCCC(C(C)NCC(F)(F)C(F)F)C1. The Hall–Kier alpha value is -0.360. The number of hydrogen-bond donors (Lipinski definition) is 1. The molecule has 0 aromatic heterocycles. The van der Waals surface area contributed by atoms with Crippen LogP contribution in [0.4, 0.5) is 17.6 Å². The zero-order valence-electron chi connectivity index (χ0n) is 11.6. The first-order valence-electron chi connectivity index (χ1n) is 6.98. The highest BCUT2D eigenvalue weighted by atomic mass is 19.3. The molecule has 1 rings (SSSR count). The van der Waals surface area contributed by atoms with Crippen molar-refractivity contribution in [2.45, 2.75) is 51.5 Å². The Bertz CT molecular complexity index is 259. The summed E-state index contributed by atoms with van der Waals surface area (Å²) < 4.78 is 49.8. The van der Waals surface area contributed by atoms with Gasteiger partial charge in [-0.05, 0) is 45.2 Å². The molecule has 1 N–H and O–H groups in total. The number of hydrogen-bond acceptors (Lipinski definition) is 2. The Labute approximate surface area is 112 Å². The molecular formula is C13H24F4N2. The first-order valence-corrected chi connectivity index (χ1v) is 6.98. The first kappa shape index (κ1) is 16.7. The van der Waals surface area contributed by atoms with Gasteiger partial charge in [-0.3, -0.25) is 0 Å². The average Bonchev–Trinajstić information content (AvgIpc) is 2.36. The maximum Gasteiger partial charge on any atom is 0.319 e. The summed E-state index contributed by atoms with van der Waals surface area (Å²) in [6.07, 6.45) is -0.524. The zero-order valence-corrected chi connectivity index (χ0v) is 11.6. The highest BCUT2D eigenvalue weighted by Crippen LogP contribution is 2.24. The van der Waals surface area contributed by atoms with Crippen LogP contribution < -0.4 is 5.32 Å². The van der Waals surface area contributed by atoms with Gasteiger partial charge < -0.3 is 10.2 Å². The van der Waals surface area contributed by atoms with Gasteiger partial charge in [0, 0.05) is 12.6 Å². The van der Waals surface area contributed by atoms with Gasteiger partial charge in [-0.2, -0.15) is 8.78 Å². The summed E-state index contributed by atoms with van der Waals surface area (Å²) >= 11 is 0. The van der Waals surface area contributed by atoms with Gasteiger partial charge in [0.1, 0.15) is 0 Å². The molecule has 1 fully saturated rings. The minimum Gasteiger partial charge on any atom is -0.308 e. The molecule has 2 atom stereocenters. The lowest BCUT2D eigenvalue weighted by atomic mass is 9.91. The molecule has 2 nitrogen and oxygen atoms in total. The molecule has 0 aromatic carbocycles. The molecule has 1 heterocycles. The molecule has 114 valence electrons. The summed E-state index contributed by atoms with van der Waals surface area (Å²) in [7, 11) is 0. The van der Waals surface area contributed by atoms with Crippen molar-refractivity contribution in [3.8, 4) is 0 Å². The third-order valence-electron chi connectivity index (χ3n) is 3.77. The maximum absolute atomic E-state index is 12.8. The predicted octanol–water partition coefficient (Wildman–Crippen LogP) is 2.99. The number of piperidine rings is 1. The molecule has 0 aromatic rings. The summed E-state index contributed by atoms with van der Waals surface area (Å²) in [5, 5.41) is 2.58. The van der Waals surface area contributed by atoms with Crippen LogP contribution in [0.5, 0.6) is 0 Å². The van der Waals surface area contributed by atoms with Gasteiger partial charge in [-0.1, -0.05) is 6.92 Å². The standard InChI is InChI=1S/C13H24F4N2/c1-3-6-19-7-4-5-11(8-19)10(2)18-9-13(16,17)12(14)15/h10-12,18H,3-9H2,1-2H3. The average molecular weight is 284 g/mol. The van der Waals surface area contributed by atoms with Gasteiger partial charge in [0.05, 0.1) is 6.54 Å². The van der Waals surface area contributed by atoms with Crippen molar-refractivity contribution in [3.63, 3.8) is 0 Å². The van der Waals surface area contributed by atoms with E-state index < -0.39 is 18.9 Å². The number of likely N-dealkylation sites (tertiary alicyclic amines) is 1. The van der Waals surface area contributed by atoms with E-state index in [-0.39, 0.29) is 12.0 Å². The van der Waals surface area contributed by atoms with Crippen molar-refractivity contribution in [3.05, 3.63) is 0 Å². The zero-order chi connectivity index (χ0) is 14.5. The van der Waals surface area contributed by atoms with E-state index in [9.17, 15) is 17.6 Å². The Kier molecular flexibility index (Phi) is 6.53. The summed E-state index contributed by atoms with van der Waals surface area (Å²) in [6, 6.07) is -0.163. The Morgan fingerprint density at radius 3 is 2.63 bits per heavy atom. The van der Waals surface area contributed by atoms with E-state index in [4.69, 9.17) is 0 Å². The molecule has 0 radical (unpaired) electrons. The van der Waals surface area contributed by atoms with Crippen LogP contribution in [0.2, 0.25) is 0 Å². The number of nitrogens with zero attached hydrogens (tertiary/aromatic N) is 1. The Morgan fingerprint density at radius 2 is 2.05 bits per heavy atom. The van der Waals surface area contributed by atoms with Gasteiger partial charge in [0.2, 0.25) is 0 Å². The molecule has 0 saturated carbocycles. The molecule has 19 heavy (non-hydrogen) atoms. The summed E-state index contributed by atoms with van der Waals surface area (Å²) in [5.74, 6) is -3.68. The monoisotopic (exact) mass is 284 g/mol. The van der Waals surface area contributed by atoms with Gasteiger partial charge in [-0.15, -0.1) is 0 Å². The molecule has 1 saturated heterocycles. The molecule has 1 aliphatic heterocycles. The summed E-state index contributed by atoms with van der Waals surface area (Å²) in [5.41, 5.74) is 0. The van der Waals surface area contributed by atoms with Crippen molar-refractivity contribution in [2.75, 3.05) is 26.2 Å². The Balaban J connectivity index is 2.38. The topological polar surface area (TPSA) is 15.3 Å². The predicted molar refractivity (Wildman–Crippen MR) is 67.9 cm³/mol. The maximum atomic E-state index is 12.8. The molecule has 6 heteroatoms. The van der Waals surface area contributed by atoms with Crippen molar-refractivity contribution in [1.82, 2.24) is 10.2 Å². The molecule has 0 amide bonds. The van der Waals surface area contributed by atoms with E-state index in [0.717, 1.165) is 38.9 Å². The van der Waals surface area contributed by atoms with Gasteiger partial charge >= 0.3 is 12.3 Å². The lowest BCUT2D eigenvalue weighted by molar-refractivity contribution is -0.126. The van der Waals surface area contributed by atoms with Crippen LogP contribution in [0.1, 0.15) is 33.1 Å². The number of halogens is 4. The fourth-order valence-corrected chi connectivity index (χ4v) is 2.56. The lowest BCUT2D eigenvalue weighted by Crippen LogP contribution is -2.48. The summed E-state index contributed by atoms with van der Waals surface area (Å²) in [6.45, 7) is 5.88. The second-order valence-electron chi connectivity index (χ2n) is 5.43. The number of nitrogens with one attached hydrogen (secondary N) is 1. The lowest BCUT2D eigenvalue weighted by Gasteiger charge is -2.36. The fraction of sp³-hybridized carbons (Fsp3) is 1.00. The van der Waals surface area contributed by atoms with Crippen LogP contribution in [-0.4, -0.2) is 49.5 Å². The van der Waals surface area contributed by atoms with E-state index in [2.05, 4.69) is 17.1 Å². The second kappa shape index (κ2) is 7.43. The van der Waals surface area contributed by atoms with Crippen LogP contribution in [0, 0.1) is 5.92 Å². The van der Waals surface area contributed by atoms with Crippen LogP contribution >= 0.6 is 0 Å². The normalized spacial score (nSPS) is 23.8. The molecule has 0 bridgehead atoms. The van der Waals surface area contributed by atoms with Crippen molar-refractivity contribution in [2.24, 2.45) is 5.92 Å². The van der Waals surface area contributed by atoms with Crippen LogP contribution in [-0.2, 0) is 0 Å². The van der Waals surface area contributed by atoms with Crippen LogP contribution in [0.3, 0.4) is 0 Å².